The van der Waals surface area contributed by atoms with Crippen LogP contribution in [0, 0.1) is 0 Å². The van der Waals surface area contributed by atoms with Crippen LogP contribution in [-0.4, -0.2) is 100 Å². The Hall–Kier alpha value is -2.38. The van der Waals surface area contributed by atoms with Crippen molar-refractivity contribution in [2.45, 2.75) is 275 Å². The number of hydrogen-bond donors (Lipinski definition) is 6. The number of aliphatic hydroxyl groups is 5. The second-order valence-electron chi connectivity index (χ2n) is 18.9. The molecule has 7 atom stereocenters. The number of esters is 1. The van der Waals surface area contributed by atoms with Gasteiger partial charge in [0.15, 0.2) is 6.29 Å². The maximum atomic E-state index is 13.0. The molecule has 1 fully saturated rings. The van der Waals surface area contributed by atoms with E-state index in [1.165, 1.54) is 109 Å². The molecular formula is C56H101NO10. The number of allylic oxidation sites excluding steroid dienone is 7. The van der Waals surface area contributed by atoms with Crippen molar-refractivity contribution in [3.8, 4) is 0 Å². The summed E-state index contributed by atoms with van der Waals surface area (Å²) in [6.45, 7) is 4.17. The second-order valence-corrected chi connectivity index (χ2v) is 18.9. The number of ether oxygens (including phenoxy) is 3. The monoisotopic (exact) mass is 948 g/mol. The van der Waals surface area contributed by atoms with Crippen molar-refractivity contribution in [3.63, 3.8) is 0 Å². The Balaban J connectivity index is 2.11. The van der Waals surface area contributed by atoms with E-state index in [0.717, 1.165) is 89.9 Å². The van der Waals surface area contributed by atoms with Gasteiger partial charge in [0.05, 0.1) is 32.0 Å². The average molecular weight is 948 g/mol. The van der Waals surface area contributed by atoms with Crippen LogP contribution in [-0.2, 0) is 23.8 Å². The van der Waals surface area contributed by atoms with Crippen molar-refractivity contribution < 1.29 is 49.3 Å². The number of amides is 1. The van der Waals surface area contributed by atoms with Crippen LogP contribution in [0.15, 0.2) is 48.6 Å². The maximum Gasteiger partial charge on any atom is 0.305 e. The molecule has 0 bridgehead atoms. The van der Waals surface area contributed by atoms with E-state index in [1.54, 1.807) is 6.08 Å². The van der Waals surface area contributed by atoms with E-state index in [4.69, 9.17) is 14.2 Å². The van der Waals surface area contributed by atoms with Crippen LogP contribution in [0.25, 0.3) is 0 Å². The van der Waals surface area contributed by atoms with Crippen molar-refractivity contribution in [1.82, 2.24) is 5.32 Å². The first kappa shape index (κ1) is 62.6. The van der Waals surface area contributed by atoms with Gasteiger partial charge in [-0.3, -0.25) is 9.59 Å². The summed E-state index contributed by atoms with van der Waals surface area (Å²) in [5.74, 6) is -0.277. The first-order chi connectivity index (χ1) is 32.7. The normalized spacial score (nSPS) is 19.9. The third-order valence-corrected chi connectivity index (χ3v) is 12.7. The zero-order valence-electron chi connectivity index (χ0n) is 42.6. The second kappa shape index (κ2) is 46.0. The minimum atomic E-state index is -1.58. The minimum Gasteiger partial charge on any atom is -0.466 e. The summed E-state index contributed by atoms with van der Waals surface area (Å²) in [5, 5.41) is 54.1. The van der Waals surface area contributed by atoms with Crippen LogP contribution in [0.4, 0.5) is 0 Å². The van der Waals surface area contributed by atoms with Gasteiger partial charge in [0.1, 0.15) is 24.4 Å². The van der Waals surface area contributed by atoms with Gasteiger partial charge in [-0.15, -0.1) is 0 Å². The Morgan fingerprint density at radius 2 is 1.00 bits per heavy atom. The van der Waals surface area contributed by atoms with Crippen LogP contribution in [0.1, 0.15) is 232 Å². The molecule has 1 amide bonds. The molecule has 0 radical (unpaired) electrons. The highest BCUT2D eigenvalue weighted by molar-refractivity contribution is 5.76. The number of nitrogens with one attached hydrogen (secondary N) is 1. The van der Waals surface area contributed by atoms with Gasteiger partial charge < -0.3 is 45.1 Å². The van der Waals surface area contributed by atoms with Crippen molar-refractivity contribution in [2.24, 2.45) is 0 Å². The van der Waals surface area contributed by atoms with Crippen molar-refractivity contribution >= 4 is 11.9 Å². The first-order valence-corrected chi connectivity index (χ1v) is 27.4. The molecule has 7 unspecified atom stereocenters. The third-order valence-electron chi connectivity index (χ3n) is 12.7. The van der Waals surface area contributed by atoms with E-state index in [0.29, 0.717) is 25.9 Å². The quantitative estimate of drug-likeness (QED) is 0.0196. The van der Waals surface area contributed by atoms with Crippen LogP contribution in [0.3, 0.4) is 0 Å². The molecule has 1 heterocycles. The maximum absolute atomic E-state index is 13.0. The van der Waals surface area contributed by atoms with Gasteiger partial charge in [0.25, 0.3) is 0 Å². The molecule has 390 valence electrons. The molecule has 1 saturated heterocycles. The van der Waals surface area contributed by atoms with Gasteiger partial charge in [-0.1, -0.05) is 178 Å². The van der Waals surface area contributed by atoms with E-state index in [-0.39, 0.29) is 18.5 Å². The lowest BCUT2D eigenvalue weighted by molar-refractivity contribution is -0.302. The van der Waals surface area contributed by atoms with Crippen LogP contribution in [0.5, 0.6) is 0 Å². The zero-order chi connectivity index (χ0) is 48.8. The zero-order valence-corrected chi connectivity index (χ0v) is 42.6. The fourth-order valence-corrected chi connectivity index (χ4v) is 8.22. The van der Waals surface area contributed by atoms with E-state index in [2.05, 4.69) is 55.6 Å². The summed E-state index contributed by atoms with van der Waals surface area (Å²) in [7, 11) is 0. The summed E-state index contributed by atoms with van der Waals surface area (Å²) in [6, 6.07) is -0.831. The molecule has 0 saturated carbocycles. The molecule has 6 N–H and O–H groups in total. The van der Waals surface area contributed by atoms with E-state index in [9.17, 15) is 35.1 Å². The van der Waals surface area contributed by atoms with Crippen molar-refractivity contribution in [2.75, 3.05) is 19.8 Å². The molecule has 0 aromatic rings. The third kappa shape index (κ3) is 36.3. The van der Waals surface area contributed by atoms with Crippen LogP contribution < -0.4 is 5.32 Å². The highest BCUT2D eigenvalue weighted by atomic mass is 16.7. The summed E-state index contributed by atoms with van der Waals surface area (Å²) in [6.07, 6.45) is 46.3. The number of carbonyl (C=O) groups excluding carboxylic acids is 2. The molecule has 1 aliphatic heterocycles. The Kier molecular flexibility index (Phi) is 43.0. The Labute approximate surface area is 408 Å². The van der Waals surface area contributed by atoms with E-state index in [1.807, 2.05) is 6.08 Å². The van der Waals surface area contributed by atoms with Crippen molar-refractivity contribution in [3.05, 3.63) is 48.6 Å². The molecule has 11 nitrogen and oxygen atoms in total. The van der Waals surface area contributed by atoms with Gasteiger partial charge >= 0.3 is 5.97 Å². The number of carbonyl (C=O) groups is 2. The number of unbranched alkanes of at least 4 members (excludes halogenated alkanes) is 26. The van der Waals surface area contributed by atoms with Crippen LogP contribution >= 0.6 is 0 Å². The Morgan fingerprint density at radius 3 is 1.55 bits per heavy atom. The molecule has 67 heavy (non-hydrogen) atoms. The topological polar surface area (TPSA) is 175 Å². The lowest BCUT2D eigenvalue weighted by atomic mass is 9.99. The molecule has 1 rings (SSSR count). The Morgan fingerprint density at radius 1 is 0.552 bits per heavy atom. The fraction of sp³-hybridized carbons (Fsp3) is 0.821. The van der Waals surface area contributed by atoms with E-state index < -0.39 is 49.5 Å². The predicted octanol–water partition coefficient (Wildman–Crippen LogP) is 11.7. The Bertz CT molecular complexity index is 1250. The van der Waals surface area contributed by atoms with Crippen molar-refractivity contribution in [1.29, 1.82) is 0 Å². The lowest BCUT2D eigenvalue weighted by Gasteiger charge is -2.40. The molecule has 0 aromatic heterocycles. The predicted molar refractivity (Wildman–Crippen MR) is 274 cm³/mol. The van der Waals surface area contributed by atoms with Gasteiger partial charge in [-0.25, -0.2) is 0 Å². The smallest absolute Gasteiger partial charge is 0.305 e. The largest absolute Gasteiger partial charge is 0.466 e. The van der Waals surface area contributed by atoms with Crippen LogP contribution in [0.2, 0.25) is 0 Å². The number of aliphatic hydroxyl groups excluding tert-OH is 5. The van der Waals surface area contributed by atoms with Gasteiger partial charge in [-0.2, -0.15) is 0 Å². The molecule has 1 aliphatic rings. The molecule has 0 spiro atoms. The SMILES string of the molecule is CCCCC/C=C\C/C=C\CCCCCCCCCCCC(=O)OCCCC/C=C\CCCCCCCC(=O)NC(COC1OC(CO)C(O)C(O)C1O)C(O)/C=C/CCCCCCCCC. The van der Waals surface area contributed by atoms with E-state index >= 15 is 0 Å². The summed E-state index contributed by atoms with van der Waals surface area (Å²) < 4.78 is 16.6. The molecule has 11 heteroatoms. The number of hydrogen-bond acceptors (Lipinski definition) is 10. The van der Waals surface area contributed by atoms with Gasteiger partial charge in [-0.05, 0) is 89.9 Å². The molecule has 0 aromatic carbocycles. The standard InChI is InChI=1S/C56H101NO10/c1-3-5-7-9-11-13-14-15-16-17-18-19-20-21-24-28-32-36-40-44-52(61)65-45-41-37-33-29-25-22-23-27-31-35-39-43-51(60)57-48(49(59)42-38-34-30-26-12-10-8-6-4-2)47-66-56-55(64)54(63)53(62)50(46-58)67-56/h11,13,15-16,25,29,38,42,48-50,53-56,58-59,62-64H,3-10,12,14,17-24,26-28,30-37,39-41,43-47H2,1-2H3,(H,57,60)/b13-11-,16-15-,29-25-,42-38+. The summed E-state index contributed by atoms with van der Waals surface area (Å²) in [5.41, 5.74) is 0. The van der Waals surface area contributed by atoms with Gasteiger partial charge in [0.2, 0.25) is 5.91 Å². The fourth-order valence-electron chi connectivity index (χ4n) is 8.22. The lowest BCUT2D eigenvalue weighted by Crippen LogP contribution is -2.60. The summed E-state index contributed by atoms with van der Waals surface area (Å²) >= 11 is 0. The summed E-state index contributed by atoms with van der Waals surface area (Å²) in [4.78, 5) is 25.1. The highest BCUT2D eigenvalue weighted by Crippen LogP contribution is 2.23. The molecule has 0 aliphatic carbocycles. The first-order valence-electron chi connectivity index (χ1n) is 27.4. The minimum absolute atomic E-state index is 0.0621. The average Bonchev–Trinajstić information content (AvgIpc) is 3.32. The van der Waals surface area contributed by atoms with Gasteiger partial charge in [0, 0.05) is 12.8 Å². The number of rotatable bonds is 46. The molecular weight excluding hydrogens is 847 g/mol. The highest BCUT2D eigenvalue weighted by Gasteiger charge is 2.44.